The number of rotatable bonds is 7. The van der Waals surface area contributed by atoms with Crippen LogP contribution in [0.3, 0.4) is 0 Å². The first-order valence-electron chi connectivity index (χ1n) is 9.32. The number of ether oxygens (including phenoxy) is 2. The standard InChI is InChI=1S/C23H22N2O2S/c1-2-26-21-15-19(13-14-20(21)27-16-17-9-5-3-6-10-17)23-25-24-22(28-23)18-11-7-4-8-12-18/h3-15,23,25H,2,16H2,1H3/t23-/m0/s1. The molecule has 0 saturated heterocycles. The van der Waals surface area contributed by atoms with Crippen molar-refractivity contribution in [1.82, 2.24) is 5.43 Å². The predicted molar refractivity (Wildman–Crippen MR) is 115 cm³/mol. The van der Waals surface area contributed by atoms with Gasteiger partial charge in [-0.05, 0) is 30.2 Å². The van der Waals surface area contributed by atoms with Crippen molar-refractivity contribution in [2.24, 2.45) is 5.10 Å². The molecule has 1 aliphatic heterocycles. The molecule has 3 aromatic rings. The molecule has 1 N–H and O–H groups in total. The van der Waals surface area contributed by atoms with E-state index in [0.717, 1.165) is 33.2 Å². The molecule has 1 aliphatic rings. The first-order valence-corrected chi connectivity index (χ1v) is 10.2. The van der Waals surface area contributed by atoms with Crippen LogP contribution in [0.5, 0.6) is 11.5 Å². The summed E-state index contributed by atoms with van der Waals surface area (Å²) in [5, 5.41) is 5.54. The summed E-state index contributed by atoms with van der Waals surface area (Å²) in [7, 11) is 0. The summed E-state index contributed by atoms with van der Waals surface area (Å²) in [4.78, 5) is 0. The Bertz CT molecular complexity index is 945. The van der Waals surface area contributed by atoms with Gasteiger partial charge in [0, 0.05) is 5.56 Å². The number of hydrogen-bond donors (Lipinski definition) is 1. The van der Waals surface area contributed by atoms with E-state index in [-0.39, 0.29) is 5.37 Å². The Morgan fingerprint density at radius 2 is 1.64 bits per heavy atom. The molecule has 142 valence electrons. The highest BCUT2D eigenvalue weighted by Crippen LogP contribution is 2.38. The quantitative estimate of drug-likeness (QED) is 0.590. The number of hydrogen-bond acceptors (Lipinski definition) is 5. The van der Waals surface area contributed by atoms with Gasteiger partial charge in [-0.1, -0.05) is 78.5 Å². The Kier molecular flexibility index (Phi) is 5.83. The van der Waals surface area contributed by atoms with E-state index in [1.807, 2.05) is 55.5 Å². The zero-order valence-corrected chi connectivity index (χ0v) is 16.5. The van der Waals surface area contributed by atoms with Gasteiger partial charge in [0.2, 0.25) is 0 Å². The fourth-order valence-corrected chi connectivity index (χ4v) is 3.94. The summed E-state index contributed by atoms with van der Waals surface area (Å²) in [6.07, 6.45) is 0. The van der Waals surface area contributed by atoms with Crippen molar-refractivity contribution in [2.45, 2.75) is 18.9 Å². The van der Waals surface area contributed by atoms with Crippen LogP contribution < -0.4 is 14.9 Å². The zero-order valence-electron chi connectivity index (χ0n) is 15.7. The highest BCUT2D eigenvalue weighted by molar-refractivity contribution is 8.14. The molecule has 1 atom stereocenters. The molecule has 28 heavy (non-hydrogen) atoms. The smallest absolute Gasteiger partial charge is 0.161 e. The Hall–Kier alpha value is -2.92. The third-order valence-corrected chi connectivity index (χ3v) is 5.50. The van der Waals surface area contributed by atoms with Gasteiger partial charge in [0.25, 0.3) is 0 Å². The van der Waals surface area contributed by atoms with E-state index in [0.29, 0.717) is 13.2 Å². The highest BCUT2D eigenvalue weighted by atomic mass is 32.2. The van der Waals surface area contributed by atoms with Crippen LogP contribution in [0, 0.1) is 0 Å². The second-order valence-electron chi connectivity index (χ2n) is 6.32. The van der Waals surface area contributed by atoms with E-state index < -0.39 is 0 Å². The molecule has 4 rings (SSSR count). The molecule has 0 radical (unpaired) electrons. The van der Waals surface area contributed by atoms with Crippen molar-refractivity contribution in [3.8, 4) is 11.5 Å². The molecule has 4 nitrogen and oxygen atoms in total. The molecule has 0 amide bonds. The largest absolute Gasteiger partial charge is 0.490 e. The van der Waals surface area contributed by atoms with Crippen LogP contribution in [0.15, 0.2) is 84.0 Å². The van der Waals surface area contributed by atoms with Crippen LogP contribution in [-0.2, 0) is 6.61 Å². The third-order valence-electron chi connectivity index (χ3n) is 4.34. The number of benzene rings is 3. The third kappa shape index (κ3) is 4.31. The summed E-state index contributed by atoms with van der Waals surface area (Å²) in [5.74, 6) is 1.51. The molecule has 0 bridgehead atoms. The van der Waals surface area contributed by atoms with Gasteiger partial charge in [0.15, 0.2) is 11.5 Å². The van der Waals surface area contributed by atoms with Crippen molar-refractivity contribution in [3.63, 3.8) is 0 Å². The average Bonchev–Trinajstić information content (AvgIpc) is 3.25. The average molecular weight is 391 g/mol. The first-order chi connectivity index (χ1) is 13.8. The van der Waals surface area contributed by atoms with Gasteiger partial charge in [-0.15, -0.1) is 0 Å². The number of nitrogens with one attached hydrogen (secondary N) is 1. The Balaban J connectivity index is 1.47. The van der Waals surface area contributed by atoms with Crippen LogP contribution in [0.4, 0.5) is 0 Å². The van der Waals surface area contributed by atoms with Crippen LogP contribution in [0.25, 0.3) is 0 Å². The molecule has 0 fully saturated rings. The summed E-state index contributed by atoms with van der Waals surface area (Å²) in [6, 6.07) is 26.4. The number of nitrogens with zero attached hydrogens (tertiary/aromatic N) is 1. The van der Waals surface area contributed by atoms with E-state index in [1.54, 1.807) is 11.8 Å². The minimum Gasteiger partial charge on any atom is -0.490 e. The maximum absolute atomic E-state index is 6.00. The van der Waals surface area contributed by atoms with Gasteiger partial charge in [-0.25, -0.2) is 0 Å². The van der Waals surface area contributed by atoms with Crippen molar-refractivity contribution in [2.75, 3.05) is 6.61 Å². The molecule has 0 aliphatic carbocycles. The highest BCUT2D eigenvalue weighted by Gasteiger charge is 2.23. The SMILES string of the molecule is CCOc1cc([C@H]2NN=C(c3ccccc3)S2)ccc1OCc1ccccc1. The van der Waals surface area contributed by atoms with E-state index in [9.17, 15) is 0 Å². The number of hydrazone groups is 1. The normalized spacial score (nSPS) is 15.6. The molecular formula is C23H22N2O2S. The van der Waals surface area contributed by atoms with Crippen LogP contribution in [-0.4, -0.2) is 11.7 Å². The maximum Gasteiger partial charge on any atom is 0.161 e. The summed E-state index contributed by atoms with van der Waals surface area (Å²) in [6.45, 7) is 3.08. The lowest BCUT2D eigenvalue weighted by Crippen LogP contribution is -2.07. The Morgan fingerprint density at radius 3 is 2.39 bits per heavy atom. The maximum atomic E-state index is 6.00. The Labute approximate surface area is 169 Å². The summed E-state index contributed by atoms with van der Waals surface area (Å²) < 4.78 is 11.8. The minimum absolute atomic E-state index is 0.0533. The topological polar surface area (TPSA) is 42.8 Å². The van der Waals surface area contributed by atoms with E-state index in [4.69, 9.17) is 9.47 Å². The predicted octanol–water partition coefficient (Wildman–Crippen LogP) is 5.36. The summed E-state index contributed by atoms with van der Waals surface area (Å²) in [5.41, 5.74) is 6.58. The van der Waals surface area contributed by atoms with E-state index in [2.05, 4.69) is 40.9 Å². The van der Waals surface area contributed by atoms with E-state index >= 15 is 0 Å². The second kappa shape index (κ2) is 8.85. The van der Waals surface area contributed by atoms with Crippen molar-refractivity contribution in [1.29, 1.82) is 0 Å². The van der Waals surface area contributed by atoms with Crippen molar-refractivity contribution < 1.29 is 9.47 Å². The fraction of sp³-hybridized carbons (Fsp3) is 0.174. The monoisotopic (exact) mass is 390 g/mol. The fourth-order valence-electron chi connectivity index (χ4n) is 2.95. The second-order valence-corrected chi connectivity index (χ2v) is 7.42. The first kappa shape index (κ1) is 18.4. The van der Waals surface area contributed by atoms with Gasteiger partial charge < -0.3 is 9.47 Å². The Morgan fingerprint density at radius 1 is 0.893 bits per heavy atom. The molecule has 0 spiro atoms. The van der Waals surface area contributed by atoms with E-state index in [1.165, 1.54) is 0 Å². The zero-order chi connectivity index (χ0) is 19.2. The van der Waals surface area contributed by atoms with Gasteiger partial charge >= 0.3 is 0 Å². The van der Waals surface area contributed by atoms with Crippen molar-refractivity contribution in [3.05, 3.63) is 95.6 Å². The molecule has 0 aromatic heterocycles. The van der Waals surface area contributed by atoms with Gasteiger partial charge in [0.1, 0.15) is 17.0 Å². The molecule has 0 saturated carbocycles. The molecule has 1 heterocycles. The van der Waals surface area contributed by atoms with Crippen LogP contribution >= 0.6 is 11.8 Å². The minimum atomic E-state index is 0.0533. The molecule has 3 aromatic carbocycles. The number of thioether (sulfide) groups is 1. The summed E-state index contributed by atoms with van der Waals surface area (Å²) >= 11 is 1.70. The van der Waals surface area contributed by atoms with Gasteiger partial charge in [0.05, 0.1) is 6.61 Å². The van der Waals surface area contributed by atoms with Crippen LogP contribution in [0.2, 0.25) is 0 Å². The molecule has 5 heteroatoms. The van der Waals surface area contributed by atoms with Gasteiger partial charge in [-0.3, -0.25) is 5.43 Å². The molecular weight excluding hydrogens is 368 g/mol. The lowest BCUT2D eigenvalue weighted by Gasteiger charge is -2.16. The molecule has 0 unspecified atom stereocenters. The lowest BCUT2D eigenvalue weighted by atomic mass is 10.2. The van der Waals surface area contributed by atoms with Crippen molar-refractivity contribution >= 4 is 16.8 Å². The lowest BCUT2D eigenvalue weighted by molar-refractivity contribution is 0.269. The van der Waals surface area contributed by atoms with Crippen LogP contribution in [0.1, 0.15) is 29.0 Å². The van der Waals surface area contributed by atoms with Gasteiger partial charge in [-0.2, -0.15) is 5.10 Å².